The van der Waals surface area contributed by atoms with Crippen molar-refractivity contribution in [2.45, 2.75) is 25.0 Å². The van der Waals surface area contributed by atoms with Crippen molar-refractivity contribution in [3.05, 3.63) is 34.9 Å². The highest BCUT2D eigenvalue weighted by atomic mass is 19.1. The second-order valence-electron chi connectivity index (χ2n) is 6.52. The van der Waals surface area contributed by atoms with Crippen LogP contribution in [-0.4, -0.2) is 67.5 Å². The summed E-state index contributed by atoms with van der Waals surface area (Å²) in [5.74, 6) is -0.986. The Labute approximate surface area is 135 Å². The van der Waals surface area contributed by atoms with Crippen molar-refractivity contribution in [1.82, 2.24) is 9.80 Å². The third kappa shape index (κ3) is 3.88. The van der Waals surface area contributed by atoms with Crippen molar-refractivity contribution in [1.29, 1.82) is 0 Å². The molecular weight excluding hydrogens is 302 g/mol. The maximum absolute atomic E-state index is 13.8. The van der Waals surface area contributed by atoms with E-state index < -0.39 is 17.7 Å². The lowest BCUT2D eigenvalue weighted by Crippen LogP contribution is -2.44. The lowest BCUT2D eigenvalue weighted by atomic mass is 10.1. The molecule has 0 aromatic heterocycles. The molecule has 1 heterocycles. The van der Waals surface area contributed by atoms with Crippen LogP contribution >= 0.6 is 0 Å². The molecule has 1 aromatic rings. The van der Waals surface area contributed by atoms with Gasteiger partial charge < -0.3 is 9.84 Å². The number of aliphatic hydroxyl groups excluding tert-OH is 1. The normalized spacial score (nSPS) is 23.3. The van der Waals surface area contributed by atoms with Crippen LogP contribution in [0.2, 0.25) is 0 Å². The van der Waals surface area contributed by atoms with E-state index in [1.807, 2.05) is 11.9 Å². The second kappa shape index (κ2) is 7.21. The van der Waals surface area contributed by atoms with Gasteiger partial charge in [0.05, 0.1) is 19.3 Å². The number of aliphatic hydroxyl groups is 1. The number of fused-ring (bicyclic) bond motifs is 1. The molecule has 1 aliphatic carbocycles. The molecule has 1 fully saturated rings. The molecule has 4 nitrogen and oxygen atoms in total. The zero-order valence-electron chi connectivity index (χ0n) is 13.5. The van der Waals surface area contributed by atoms with Gasteiger partial charge in [0, 0.05) is 38.3 Å². The predicted molar refractivity (Wildman–Crippen MR) is 83.3 cm³/mol. The second-order valence-corrected chi connectivity index (χ2v) is 6.52. The Balaban J connectivity index is 1.60. The van der Waals surface area contributed by atoms with Crippen LogP contribution in [0.15, 0.2) is 12.1 Å². The van der Waals surface area contributed by atoms with E-state index in [2.05, 4.69) is 4.90 Å². The summed E-state index contributed by atoms with van der Waals surface area (Å²) in [7, 11) is 1.91. The molecule has 128 valence electrons. The number of ether oxygens (including phenoxy) is 1. The van der Waals surface area contributed by atoms with E-state index in [1.165, 1.54) is 6.07 Å². The molecule has 1 saturated heterocycles. The number of benzene rings is 1. The predicted octanol–water partition coefficient (Wildman–Crippen LogP) is 1.58. The summed E-state index contributed by atoms with van der Waals surface area (Å²) in [5, 5.41) is 10.3. The Hall–Kier alpha value is -1.08. The SMILES string of the molecule is CN(C[C@H](O)CN1CCOCC1)[C@H]1CCc2c(F)cc(F)cc21. The number of rotatable bonds is 5. The maximum Gasteiger partial charge on any atom is 0.129 e. The third-order valence-corrected chi connectivity index (χ3v) is 4.82. The molecule has 2 atom stereocenters. The number of morpholine rings is 1. The number of hydrogen-bond acceptors (Lipinski definition) is 4. The van der Waals surface area contributed by atoms with Crippen LogP contribution in [0.4, 0.5) is 8.78 Å². The molecule has 0 bridgehead atoms. The fourth-order valence-electron chi connectivity index (χ4n) is 3.68. The van der Waals surface area contributed by atoms with Gasteiger partial charge in [0.2, 0.25) is 0 Å². The van der Waals surface area contributed by atoms with Gasteiger partial charge in [0.25, 0.3) is 0 Å². The van der Waals surface area contributed by atoms with Gasteiger partial charge in [0.15, 0.2) is 0 Å². The molecule has 23 heavy (non-hydrogen) atoms. The summed E-state index contributed by atoms with van der Waals surface area (Å²) in [5.41, 5.74) is 1.34. The number of β-amino-alcohol motifs (C(OH)–C–C–N with tert-alkyl or cyclic N) is 1. The standard InChI is InChI=1S/C17H24F2N2O2/c1-20(10-13(22)11-21-4-6-23-7-5-21)17-3-2-14-15(17)8-12(18)9-16(14)19/h8-9,13,17,22H,2-7,10-11H2,1H3/t13-,17-/m0/s1. The summed E-state index contributed by atoms with van der Waals surface area (Å²) in [6, 6.07) is 2.35. The Morgan fingerprint density at radius 3 is 2.83 bits per heavy atom. The average molecular weight is 326 g/mol. The van der Waals surface area contributed by atoms with Gasteiger partial charge in [-0.3, -0.25) is 9.80 Å². The first kappa shape index (κ1) is 16.8. The average Bonchev–Trinajstić information content (AvgIpc) is 2.92. The molecule has 0 amide bonds. The molecule has 2 aliphatic rings. The number of hydrogen-bond donors (Lipinski definition) is 1. The fraction of sp³-hybridized carbons (Fsp3) is 0.647. The van der Waals surface area contributed by atoms with Gasteiger partial charge in [-0.15, -0.1) is 0 Å². The Morgan fingerprint density at radius 1 is 1.35 bits per heavy atom. The van der Waals surface area contributed by atoms with Gasteiger partial charge in [0.1, 0.15) is 11.6 Å². The Morgan fingerprint density at radius 2 is 2.09 bits per heavy atom. The highest BCUT2D eigenvalue weighted by Crippen LogP contribution is 2.37. The van der Waals surface area contributed by atoms with E-state index in [9.17, 15) is 13.9 Å². The summed E-state index contributed by atoms with van der Waals surface area (Å²) in [6.45, 7) is 4.17. The van der Waals surface area contributed by atoms with Crippen molar-refractivity contribution >= 4 is 0 Å². The lowest BCUT2D eigenvalue weighted by Gasteiger charge is -2.32. The van der Waals surface area contributed by atoms with Crippen molar-refractivity contribution in [2.75, 3.05) is 46.4 Å². The van der Waals surface area contributed by atoms with Gasteiger partial charge in [-0.2, -0.15) is 0 Å². The van der Waals surface area contributed by atoms with Crippen molar-refractivity contribution in [3.63, 3.8) is 0 Å². The van der Waals surface area contributed by atoms with Crippen LogP contribution in [0, 0.1) is 11.6 Å². The van der Waals surface area contributed by atoms with E-state index in [4.69, 9.17) is 4.74 Å². The fourth-order valence-corrected chi connectivity index (χ4v) is 3.68. The van der Waals surface area contributed by atoms with E-state index in [0.717, 1.165) is 31.1 Å². The van der Waals surface area contributed by atoms with Crippen LogP contribution in [0.25, 0.3) is 0 Å². The van der Waals surface area contributed by atoms with Gasteiger partial charge in [-0.25, -0.2) is 8.78 Å². The minimum Gasteiger partial charge on any atom is -0.390 e. The molecule has 0 saturated carbocycles. The van der Waals surface area contributed by atoms with Gasteiger partial charge >= 0.3 is 0 Å². The quantitative estimate of drug-likeness (QED) is 0.891. The monoisotopic (exact) mass is 326 g/mol. The molecule has 0 radical (unpaired) electrons. The summed E-state index contributed by atoms with van der Waals surface area (Å²) >= 11 is 0. The molecule has 1 aliphatic heterocycles. The van der Waals surface area contributed by atoms with Crippen molar-refractivity contribution in [2.24, 2.45) is 0 Å². The molecular formula is C17H24F2N2O2. The first-order chi connectivity index (χ1) is 11.0. The van der Waals surface area contributed by atoms with E-state index >= 15 is 0 Å². The minimum absolute atomic E-state index is 0.0328. The zero-order chi connectivity index (χ0) is 16.4. The molecule has 6 heteroatoms. The van der Waals surface area contributed by atoms with Crippen LogP contribution in [0.5, 0.6) is 0 Å². The Kier molecular flexibility index (Phi) is 5.26. The largest absolute Gasteiger partial charge is 0.390 e. The topological polar surface area (TPSA) is 35.9 Å². The summed E-state index contributed by atoms with van der Waals surface area (Å²) in [4.78, 5) is 4.19. The third-order valence-electron chi connectivity index (χ3n) is 4.82. The van der Waals surface area contributed by atoms with E-state index in [1.54, 1.807) is 0 Å². The highest BCUT2D eigenvalue weighted by Gasteiger charge is 2.30. The zero-order valence-corrected chi connectivity index (χ0v) is 13.5. The number of nitrogens with zero attached hydrogens (tertiary/aromatic N) is 2. The first-order valence-electron chi connectivity index (χ1n) is 8.21. The van der Waals surface area contributed by atoms with Crippen LogP contribution in [0.3, 0.4) is 0 Å². The van der Waals surface area contributed by atoms with Crippen LogP contribution in [0.1, 0.15) is 23.6 Å². The molecule has 1 N–H and O–H groups in total. The molecule has 0 spiro atoms. The summed E-state index contributed by atoms with van der Waals surface area (Å²) < 4.78 is 32.6. The van der Waals surface area contributed by atoms with Crippen molar-refractivity contribution in [3.8, 4) is 0 Å². The number of halogens is 2. The van der Waals surface area contributed by atoms with Gasteiger partial charge in [-0.05, 0) is 37.1 Å². The van der Waals surface area contributed by atoms with E-state index in [-0.39, 0.29) is 6.04 Å². The summed E-state index contributed by atoms with van der Waals surface area (Å²) in [6.07, 6.45) is 0.896. The van der Waals surface area contributed by atoms with Crippen LogP contribution in [-0.2, 0) is 11.2 Å². The highest BCUT2D eigenvalue weighted by molar-refractivity contribution is 5.36. The molecule has 1 aromatic carbocycles. The molecule has 0 unspecified atom stereocenters. The lowest BCUT2D eigenvalue weighted by molar-refractivity contribution is 0.00573. The minimum atomic E-state index is -0.532. The molecule has 3 rings (SSSR count). The van der Waals surface area contributed by atoms with Gasteiger partial charge in [-0.1, -0.05) is 0 Å². The number of likely N-dealkylation sites (N-methyl/N-ethyl adjacent to an activating group) is 1. The van der Waals surface area contributed by atoms with Crippen molar-refractivity contribution < 1.29 is 18.6 Å². The maximum atomic E-state index is 13.8. The Bertz CT molecular complexity index is 550. The smallest absolute Gasteiger partial charge is 0.129 e. The first-order valence-corrected chi connectivity index (χ1v) is 8.21. The van der Waals surface area contributed by atoms with Crippen LogP contribution < -0.4 is 0 Å². The van der Waals surface area contributed by atoms with E-state index in [0.29, 0.717) is 38.3 Å².